The summed E-state index contributed by atoms with van der Waals surface area (Å²) >= 11 is 10.2. The zero-order valence-electron chi connectivity index (χ0n) is 25.9. The maximum atomic E-state index is 15.9. The van der Waals surface area contributed by atoms with Gasteiger partial charge >= 0.3 is 0 Å². The Bertz CT molecular complexity index is 1780. The number of ether oxygens (including phenoxy) is 3. The van der Waals surface area contributed by atoms with Gasteiger partial charge in [-0.2, -0.15) is 0 Å². The van der Waals surface area contributed by atoms with Gasteiger partial charge in [0.25, 0.3) is 10.0 Å². The van der Waals surface area contributed by atoms with Gasteiger partial charge in [-0.1, -0.05) is 39.7 Å². The highest BCUT2D eigenvalue weighted by molar-refractivity contribution is 9.10. The molecule has 1 aliphatic carbocycles. The largest absolute Gasteiger partial charge is 0.497 e. The number of methoxy groups -OCH3 is 2. The molecule has 0 bridgehead atoms. The summed E-state index contributed by atoms with van der Waals surface area (Å²) in [4.78, 5) is 9.53. The van der Waals surface area contributed by atoms with E-state index >= 15 is 4.39 Å². The fraction of sp³-hybridized carbons (Fsp3) is 0.333. The Labute approximate surface area is 282 Å². The van der Waals surface area contributed by atoms with Crippen molar-refractivity contribution in [1.29, 1.82) is 0 Å². The number of rotatable bonds is 11. The van der Waals surface area contributed by atoms with Gasteiger partial charge in [0, 0.05) is 40.5 Å². The Morgan fingerprint density at radius 1 is 1.02 bits per heavy atom. The van der Waals surface area contributed by atoms with E-state index in [2.05, 4.69) is 42.9 Å². The van der Waals surface area contributed by atoms with E-state index in [9.17, 15) is 8.42 Å². The highest BCUT2D eigenvalue weighted by Gasteiger charge is 2.36. The lowest BCUT2D eigenvalue weighted by Gasteiger charge is -2.40. The Morgan fingerprint density at radius 3 is 2.50 bits per heavy atom. The lowest BCUT2D eigenvalue weighted by Crippen LogP contribution is -2.46. The number of likely N-dealkylation sites (N-methyl/N-ethyl adjacent to an activating group) is 1. The van der Waals surface area contributed by atoms with Gasteiger partial charge in [-0.05, 0) is 75.2 Å². The summed E-state index contributed by atoms with van der Waals surface area (Å²) in [5, 5.41) is -0.0174. The van der Waals surface area contributed by atoms with E-state index in [0.29, 0.717) is 29.4 Å². The highest BCUT2D eigenvalue weighted by Crippen LogP contribution is 2.40. The van der Waals surface area contributed by atoms with Crippen LogP contribution >= 0.6 is 27.5 Å². The first-order valence-corrected chi connectivity index (χ1v) is 17.2. The second kappa shape index (κ2) is 14.5. The Morgan fingerprint density at radius 2 is 1.83 bits per heavy atom. The minimum absolute atomic E-state index is 0.0174. The first kappa shape index (κ1) is 33.9. The number of anilines is 1. The molecule has 1 aromatic heterocycles. The van der Waals surface area contributed by atoms with Crippen LogP contribution in [0.25, 0.3) is 0 Å². The number of hydrogen-bond donors (Lipinski definition) is 0. The first-order chi connectivity index (χ1) is 22.0. The van der Waals surface area contributed by atoms with Crippen molar-refractivity contribution in [2.75, 3.05) is 32.6 Å². The monoisotopic (exact) mass is 732 g/mol. The van der Waals surface area contributed by atoms with Gasteiger partial charge in [0.05, 0.1) is 25.8 Å². The molecule has 0 radical (unpaired) electrons. The fourth-order valence-electron chi connectivity index (χ4n) is 5.80. The molecule has 1 heterocycles. The maximum absolute atomic E-state index is 15.9. The third-order valence-corrected chi connectivity index (χ3v) is 10.8. The predicted octanol–water partition coefficient (Wildman–Crippen LogP) is 7.09. The van der Waals surface area contributed by atoms with E-state index in [1.807, 2.05) is 26.2 Å². The summed E-state index contributed by atoms with van der Waals surface area (Å²) in [6.07, 6.45) is 4.77. The summed E-state index contributed by atoms with van der Waals surface area (Å²) in [6, 6.07) is 16.9. The SMILES string of the molecule is COc1ccc(CN(c2ccncn2)S(=O)(=O)c2cc(Cl)c(O[C@H]3CC[C@H](c4cccc(Br)c4)C[C@@H]3N(C)C)cc2F)c(OC)c1. The molecule has 46 heavy (non-hydrogen) atoms. The Kier molecular flexibility index (Phi) is 10.7. The van der Waals surface area contributed by atoms with Crippen molar-refractivity contribution in [3.63, 3.8) is 0 Å². The first-order valence-electron chi connectivity index (χ1n) is 14.6. The molecule has 1 aliphatic rings. The van der Waals surface area contributed by atoms with Crippen LogP contribution < -0.4 is 18.5 Å². The average molecular weight is 734 g/mol. The summed E-state index contributed by atoms with van der Waals surface area (Å²) in [5.74, 6) is 0.386. The van der Waals surface area contributed by atoms with E-state index in [1.165, 1.54) is 38.4 Å². The van der Waals surface area contributed by atoms with Gasteiger partial charge < -0.3 is 19.1 Å². The van der Waals surface area contributed by atoms with Crippen molar-refractivity contribution in [3.8, 4) is 17.2 Å². The molecule has 0 unspecified atom stereocenters. The quantitative estimate of drug-likeness (QED) is 0.161. The summed E-state index contributed by atoms with van der Waals surface area (Å²) < 4.78 is 63.2. The molecular weight excluding hydrogens is 699 g/mol. The summed E-state index contributed by atoms with van der Waals surface area (Å²) in [5.41, 5.74) is 1.75. The van der Waals surface area contributed by atoms with Crippen molar-refractivity contribution in [2.45, 2.75) is 48.8 Å². The minimum Gasteiger partial charge on any atom is -0.497 e. The fourth-order valence-corrected chi connectivity index (χ4v) is 7.96. The van der Waals surface area contributed by atoms with Gasteiger partial charge in [-0.25, -0.2) is 27.1 Å². The standard InChI is InChI=1S/C33H35BrClFN4O5S/c1-39(2)28-15-22(21-6-5-7-24(34)14-21)9-11-29(28)45-31-18-27(36)32(17-26(31)35)46(41,42)40(33-12-13-37-20-38-33)19-23-8-10-25(43-3)16-30(23)44-4/h5-8,10,12-14,16-18,20,22,28-29H,9,11,15,19H2,1-4H3/t22-,28-,29-/m0/s1. The number of halogens is 3. The molecule has 244 valence electrons. The van der Waals surface area contributed by atoms with Crippen molar-refractivity contribution < 1.29 is 27.0 Å². The van der Waals surface area contributed by atoms with Gasteiger partial charge in [0.2, 0.25) is 0 Å². The normalized spacial score (nSPS) is 18.3. The van der Waals surface area contributed by atoms with Crippen LogP contribution in [0.1, 0.15) is 36.3 Å². The van der Waals surface area contributed by atoms with E-state index in [4.69, 9.17) is 25.8 Å². The van der Waals surface area contributed by atoms with E-state index in [0.717, 1.165) is 33.8 Å². The summed E-state index contributed by atoms with van der Waals surface area (Å²) in [7, 11) is 2.42. The van der Waals surface area contributed by atoms with Crippen molar-refractivity contribution in [2.24, 2.45) is 0 Å². The van der Waals surface area contributed by atoms with Crippen LogP contribution in [-0.2, 0) is 16.6 Å². The van der Waals surface area contributed by atoms with E-state index in [-0.39, 0.29) is 35.3 Å². The molecule has 4 aromatic rings. The van der Waals surface area contributed by atoms with Crippen LogP contribution in [-0.4, -0.2) is 63.7 Å². The van der Waals surface area contributed by atoms with Crippen LogP contribution in [0.3, 0.4) is 0 Å². The second-order valence-electron chi connectivity index (χ2n) is 11.2. The van der Waals surface area contributed by atoms with E-state index < -0.39 is 20.7 Å². The maximum Gasteiger partial charge on any atom is 0.268 e. The van der Waals surface area contributed by atoms with Gasteiger partial charge in [0.15, 0.2) is 0 Å². The highest BCUT2D eigenvalue weighted by atomic mass is 79.9. The second-order valence-corrected chi connectivity index (χ2v) is 14.4. The molecule has 13 heteroatoms. The summed E-state index contributed by atoms with van der Waals surface area (Å²) in [6.45, 7) is -0.215. The third-order valence-electron chi connectivity index (χ3n) is 8.20. The Balaban J connectivity index is 1.43. The predicted molar refractivity (Wildman–Crippen MR) is 179 cm³/mol. The third kappa shape index (κ3) is 7.41. The molecule has 0 amide bonds. The lowest BCUT2D eigenvalue weighted by molar-refractivity contribution is 0.0544. The number of nitrogens with zero attached hydrogens (tertiary/aromatic N) is 4. The number of benzene rings is 3. The van der Waals surface area contributed by atoms with Gasteiger partial charge in [0.1, 0.15) is 46.2 Å². The van der Waals surface area contributed by atoms with Crippen LogP contribution in [0.4, 0.5) is 10.2 Å². The van der Waals surface area contributed by atoms with Gasteiger partial charge in [-0.15, -0.1) is 0 Å². The lowest BCUT2D eigenvalue weighted by atomic mass is 9.79. The van der Waals surface area contributed by atoms with Crippen LogP contribution in [0, 0.1) is 5.82 Å². The zero-order valence-corrected chi connectivity index (χ0v) is 29.0. The average Bonchev–Trinajstić information content (AvgIpc) is 3.05. The van der Waals surface area contributed by atoms with Crippen molar-refractivity contribution in [1.82, 2.24) is 14.9 Å². The number of hydrogen-bond acceptors (Lipinski definition) is 8. The minimum atomic E-state index is -4.53. The molecule has 0 N–H and O–H groups in total. The van der Waals surface area contributed by atoms with Gasteiger partial charge in [-0.3, -0.25) is 0 Å². The number of sulfonamides is 1. The molecule has 0 saturated heterocycles. The number of aromatic nitrogens is 2. The Hall–Kier alpha value is -3.45. The molecule has 9 nitrogen and oxygen atoms in total. The van der Waals surface area contributed by atoms with Crippen LogP contribution in [0.5, 0.6) is 17.2 Å². The zero-order chi connectivity index (χ0) is 33.0. The smallest absolute Gasteiger partial charge is 0.268 e. The topological polar surface area (TPSA) is 94.1 Å². The molecule has 0 spiro atoms. The van der Waals surface area contributed by atoms with E-state index in [1.54, 1.807) is 18.2 Å². The van der Waals surface area contributed by atoms with Crippen LogP contribution in [0.15, 0.2) is 82.6 Å². The van der Waals surface area contributed by atoms with Crippen molar-refractivity contribution in [3.05, 3.63) is 99.6 Å². The molecular formula is C33H35BrClFN4O5S. The van der Waals surface area contributed by atoms with Crippen LogP contribution in [0.2, 0.25) is 5.02 Å². The van der Waals surface area contributed by atoms with Crippen molar-refractivity contribution >= 4 is 43.4 Å². The molecule has 1 saturated carbocycles. The molecule has 0 aliphatic heterocycles. The molecule has 1 fully saturated rings. The molecule has 3 atom stereocenters. The molecule has 5 rings (SSSR count). The molecule has 3 aromatic carbocycles.